The predicted molar refractivity (Wildman–Crippen MR) is 90.4 cm³/mol. The van der Waals surface area contributed by atoms with E-state index in [1.165, 1.54) is 11.6 Å². The number of rotatable bonds is 4. The molecule has 0 fully saturated rings. The zero-order valence-corrected chi connectivity index (χ0v) is 13.4. The van der Waals surface area contributed by atoms with Crippen LogP contribution in [0.25, 0.3) is 6.08 Å². The van der Waals surface area contributed by atoms with Crippen molar-refractivity contribution in [1.82, 2.24) is 0 Å². The highest BCUT2D eigenvalue weighted by molar-refractivity contribution is 6.37. The lowest BCUT2D eigenvalue weighted by Crippen LogP contribution is -1.95. The summed E-state index contributed by atoms with van der Waals surface area (Å²) >= 11 is 11.8. The van der Waals surface area contributed by atoms with Crippen molar-refractivity contribution in [3.05, 3.63) is 75.3 Å². The van der Waals surface area contributed by atoms with Crippen molar-refractivity contribution >= 4 is 35.1 Å². The van der Waals surface area contributed by atoms with Crippen molar-refractivity contribution in [2.45, 2.75) is 19.8 Å². The third kappa shape index (κ3) is 4.20. The van der Waals surface area contributed by atoms with Crippen LogP contribution in [0.4, 0.5) is 0 Å². The minimum Gasteiger partial charge on any atom is -0.289 e. The number of ketones is 1. The number of carbonyl (C=O) groups is 1. The minimum atomic E-state index is -0.135. The number of hydrogen-bond donors (Lipinski definition) is 0. The Morgan fingerprint density at radius 3 is 2.29 bits per heavy atom. The fraction of sp³-hybridized carbons (Fsp3) is 0.167. The van der Waals surface area contributed by atoms with Gasteiger partial charge in [0.15, 0.2) is 5.78 Å². The van der Waals surface area contributed by atoms with Crippen LogP contribution in [-0.4, -0.2) is 5.78 Å². The molecule has 0 N–H and O–H groups in total. The number of benzene rings is 2. The maximum atomic E-state index is 12.1. The molecule has 0 saturated carbocycles. The van der Waals surface area contributed by atoms with Gasteiger partial charge in [0.05, 0.1) is 5.02 Å². The van der Waals surface area contributed by atoms with Crippen LogP contribution in [0, 0.1) is 0 Å². The number of halogens is 2. The molecule has 0 saturated heterocycles. The first-order valence-electron chi connectivity index (χ1n) is 6.75. The Hall–Kier alpha value is -1.57. The fourth-order valence-electron chi connectivity index (χ4n) is 1.94. The van der Waals surface area contributed by atoms with Crippen LogP contribution in [0.15, 0.2) is 48.5 Å². The van der Waals surface area contributed by atoms with Gasteiger partial charge in [-0.1, -0.05) is 67.4 Å². The largest absolute Gasteiger partial charge is 0.289 e. The van der Waals surface area contributed by atoms with Crippen molar-refractivity contribution < 1.29 is 4.79 Å². The zero-order valence-electron chi connectivity index (χ0n) is 11.9. The van der Waals surface area contributed by atoms with Crippen LogP contribution in [0.2, 0.25) is 10.0 Å². The lowest BCUT2D eigenvalue weighted by atomic mass is 10.0. The minimum absolute atomic E-state index is 0.135. The van der Waals surface area contributed by atoms with Gasteiger partial charge in [-0.25, -0.2) is 0 Å². The van der Waals surface area contributed by atoms with E-state index in [1.54, 1.807) is 24.3 Å². The summed E-state index contributed by atoms with van der Waals surface area (Å²) in [7, 11) is 0. The standard InChI is InChI=1S/C18H16Cl2O/c1-12(2)14-6-3-13(4-7-14)5-10-18(21)16-9-8-15(19)11-17(16)20/h3-12H,1-2H3/b10-5+. The molecule has 2 rings (SSSR count). The number of carbonyl (C=O) groups excluding carboxylic acids is 1. The van der Waals surface area contributed by atoms with Gasteiger partial charge in [-0.3, -0.25) is 4.79 Å². The highest BCUT2D eigenvalue weighted by atomic mass is 35.5. The monoisotopic (exact) mass is 318 g/mol. The van der Waals surface area contributed by atoms with E-state index in [2.05, 4.69) is 26.0 Å². The first-order chi connectivity index (χ1) is 9.97. The Balaban J connectivity index is 2.15. The Morgan fingerprint density at radius 1 is 1.05 bits per heavy atom. The molecule has 2 aromatic carbocycles. The SMILES string of the molecule is CC(C)c1ccc(/C=C/C(=O)c2ccc(Cl)cc2Cl)cc1. The van der Waals surface area contributed by atoms with Crippen molar-refractivity contribution in [3.8, 4) is 0 Å². The second-order valence-electron chi connectivity index (χ2n) is 5.14. The van der Waals surface area contributed by atoms with Crippen LogP contribution >= 0.6 is 23.2 Å². The third-order valence-electron chi connectivity index (χ3n) is 3.23. The Kier molecular flexibility index (Phi) is 5.22. The predicted octanol–water partition coefficient (Wildman–Crippen LogP) is 6.01. The molecule has 2 aromatic rings. The molecule has 108 valence electrons. The van der Waals surface area contributed by atoms with Crippen LogP contribution in [0.5, 0.6) is 0 Å². The molecule has 0 aliphatic heterocycles. The van der Waals surface area contributed by atoms with E-state index in [9.17, 15) is 4.79 Å². The first-order valence-corrected chi connectivity index (χ1v) is 7.50. The quantitative estimate of drug-likeness (QED) is 0.498. The lowest BCUT2D eigenvalue weighted by Gasteiger charge is -2.04. The van der Waals surface area contributed by atoms with Crippen molar-refractivity contribution in [2.24, 2.45) is 0 Å². The molecule has 0 aromatic heterocycles. The lowest BCUT2D eigenvalue weighted by molar-refractivity contribution is 0.104. The first kappa shape index (κ1) is 15.8. The summed E-state index contributed by atoms with van der Waals surface area (Å²) in [6.45, 7) is 4.30. The molecule has 0 amide bonds. The molecule has 0 unspecified atom stereocenters. The van der Waals surface area contributed by atoms with Crippen LogP contribution < -0.4 is 0 Å². The summed E-state index contributed by atoms with van der Waals surface area (Å²) in [5.41, 5.74) is 2.72. The Bertz CT molecular complexity index is 670. The van der Waals surface area contributed by atoms with Gasteiger partial charge in [-0.05, 0) is 41.3 Å². The highest BCUT2D eigenvalue weighted by Crippen LogP contribution is 2.22. The number of allylic oxidation sites excluding steroid dienone is 1. The van der Waals surface area contributed by atoms with Crippen molar-refractivity contribution in [1.29, 1.82) is 0 Å². The van der Waals surface area contributed by atoms with Crippen LogP contribution in [0.1, 0.15) is 41.3 Å². The van der Waals surface area contributed by atoms with Gasteiger partial charge < -0.3 is 0 Å². The van der Waals surface area contributed by atoms with E-state index < -0.39 is 0 Å². The second-order valence-corrected chi connectivity index (χ2v) is 5.99. The van der Waals surface area contributed by atoms with Gasteiger partial charge in [0.2, 0.25) is 0 Å². The van der Waals surface area contributed by atoms with Gasteiger partial charge in [-0.15, -0.1) is 0 Å². The number of hydrogen-bond acceptors (Lipinski definition) is 1. The molecular weight excluding hydrogens is 303 g/mol. The molecule has 21 heavy (non-hydrogen) atoms. The smallest absolute Gasteiger partial charge is 0.187 e. The van der Waals surface area contributed by atoms with Crippen LogP contribution in [-0.2, 0) is 0 Å². The Morgan fingerprint density at radius 2 is 1.71 bits per heavy atom. The molecule has 0 atom stereocenters. The Labute approximate surface area is 135 Å². The van der Waals surface area contributed by atoms with Gasteiger partial charge in [0.1, 0.15) is 0 Å². The summed E-state index contributed by atoms with van der Waals surface area (Å²) in [6.07, 6.45) is 3.32. The van der Waals surface area contributed by atoms with E-state index >= 15 is 0 Å². The van der Waals surface area contributed by atoms with E-state index in [0.717, 1.165) is 5.56 Å². The third-order valence-corrected chi connectivity index (χ3v) is 3.77. The van der Waals surface area contributed by atoms with E-state index in [1.807, 2.05) is 12.1 Å². The molecule has 0 heterocycles. The molecule has 0 radical (unpaired) electrons. The molecule has 1 nitrogen and oxygen atoms in total. The summed E-state index contributed by atoms with van der Waals surface area (Å²) in [5, 5.41) is 0.886. The van der Waals surface area contributed by atoms with Crippen molar-refractivity contribution in [3.63, 3.8) is 0 Å². The van der Waals surface area contributed by atoms with Crippen molar-refractivity contribution in [2.75, 3.05) is 0 Å². The highest BCUT2D eigenvalue weighted by Gasteiger charge is 2.07. The average Bonchev–Trinajstić information content (AvgIpc) is 2.45. The second kappa shape index (κ2) is 6.93. The van der Waals surface area contributed by atoms with E-state index in [0.29, 0.717) is 21.5 Å². The molecular formula is C18H16Cl2O. The summed E-state index contributed by atoms with van der Waals surface area (Å²) in [5.74, 6) is 0.363. The molecule has 0 aliphatic rings. The molecule has 0 bridgehead atoms. The fourth-order valence-corrected chi connectivity index (χ4v) is 2.44. The van der Waals surface area contributed by atoms with Gasteiger partial charge in [0, 0.05) is 10.6 Å². The van der Waals surface area contributed by atoms with E-state index in [-0.39, 0.29) is 5.78 Å². The maximum Gasteiger partial charge on any atom is 0.187 e. The van der Waals surface area contributed by atoms with Gasteiger partial charge in [-0.2, -0.15) is 0 Å². The molecule has 0 aliphatic carbocycles. The van der Waals surface area contributed by atoms with Gasteiger partial charge in [0.25, 0.3) is 0 Å². The summed E-state index contributed by atoms with van der Waals surface area (Å²) in [4.78, 5) is 12.1. The summed E-state index contributed by atoms with van der Waals surface area (Å²) < 4.78 is 0. The van der Waals surface area contributed by atoms with Gasteiger partial charge >= 0.3 is 0 Å². The average molecular weight is 319 g/mol. The van der Waals surface area contributed by atoms with E-state index in [4.69, 9.17) is 23.2 Å². The maximum absolute atomic E-state index is 12.1. The molecule has 3 heteroatoms. The zero-order chi connectivity index (χ0) is 15.4. The normalized spacial score (nSPS) is 11.3. The molecule has 0 spiro atoms. The van der Waals surface area contributed by atoms with Crippen LogP contribution in [0.3, 0.4) is 0 Å². The summed E-state index contributed by atoms with van der Waals surface area (Å²) in [6, 6.07) is 13.0. The topological polar surface area (TPSA) is 17.1 Å².